The molecule has 2 rings (SSSR count). The summed E-state index contributed by atoms with van der Waals surface area (Å²) in [6, 6.07) is 4.29. The number of aliphatic carboxylic acids is 1. The zero-order chi connectivity index (χ0) is 20.2. The molecule has 1 aromatic carbocycles. The van der Waals surface area contributed by atoms with Crippen LogP contribution in [0, 0.1) is 5.92 Å². The Labute approximate surface area is 156 Å². The van der Waals surface area contributed by atoms with E-state index in [-0.39, 0.29) is 17.5 Å². The number of hydrogen-bond acceptors (Lipinski definition) is 2. The number of hydrogen-bond donors (Lipinski definition) is 3. The van der Waals surface area contributed by atoms with Gasteiger partial charge in [-0.2, -0.15) is 13.2 Å². The lowest BCUT2D eigenvalue weighted by Crippen LogP contribution is -2.48. The Balaban J connectivity index is 1.92. The highest BCUT2D eigenvalue weighted by atomic mass is 19.4. The Kier molecular flexibility index (Phi) is 6.73. The van der Waals surface area contributed by atoms with Gasteiger partial charge >= 0.3 is 18.2 Å². The van der Waals surface area contributed by atoms with Crippen molar-refractivity contribution in [2.45, 2.75) is 63.7 Å². The molecule has 0 aromatic heterocycles. The predicted octanol–water partition coefficient (Wildman–Crippen LogP) is 4.14. The highest BCUT2D eigenvalue weighted by Gasteiger charge is 2.35. The van der Waals surface area contributed by atoms with Crippen LogP contribution in [0.5, 0.6) is 0 Å². The molecule has 1 aliphatic carbocycles. The monoisotopic (exact) mass is 386 g/mol. The number of carbonyl (C=O) groups is 2. The maximum atomic E-state index is 13.2. The summed E-state index contributed by atoms with van der Waals surface area (Å²) < 4.78 is 39.6. The summed E-state index contributed by atoms with van der Waals surface area (Å²) in [5, 5.41) is 14.5. The van der Waals surface area contributed by atoms with Crippen LogP contribution in [0.25, 0.3) is 0 Å². The number of alkyl halides is 3. The molecular formula is C19H25F3N2O3. The number of halogens is 3. The molecule has 0 bridgehead atoms. The fourth-order valence-corrected chi connectivity index (χ4v) is 3.47. The van der Waals surface area contributed by atoms with Crippen LogP contribution < -0.4 is 10.6 Å². The van der Waals surface area contributed by atoms with Crippen LogP contribution in [0.15, 0.2) is 24.3 Å². The molecule has 0 radical (unpaired) electrons. The quantitative estimate of drug-likeness (QED) is 0.712. The van der Waals surface area contributed by atoms with Crippen LogP contribution >= 0.6 is 0 Å². The van der Waals surface area contributed by atoms with E-state index < -0.39 is 35.7 Å². The van der Waals surface area contributed by atoms with Crippen LogP contribution in [-0.4, -0.2) is 29.2 Å². The molecule has 1 aliphatic rings. The summed E-state index contributed by atoms with van der Waals surface area (Å²) in [5.74, 6) is -1.72. The predicted molar refractivity (Wildman–Crippen MR) is 94.4 cm³/mol. The van der Waals surface area contributed by atoms with Crippen LogP contribution in [0.3, 0.4) is 0 Å². The Morgan fingerprint density at radius 1 is 1.11 bits per heavy atom. The third-order valence-corrected chi connectivity index (χ3v) is 5.28. The Bertz CT molecular complexity index is 670. The third kappa shape index (κ3) is 5.61. The summed E-state index contributed by atoms with van der Waals surface area (Å²) in [4.78, 5) is 23.2. The van der Waals surface area contributed by atoms with Crippen molar-refractivity contribution >= 4 is 12.0 Å². The number of nitrogens with one attached hydrogen (secondary N) is 2. The van der Waals surface area contributed by atoms with Gasteiger partial charge in [-0.3, -0.25) is 4.79 Å². The van der Waals surface area contributed by atoms with Gasteiger partial charge in [-0.25, -0.2) is 4.79 Å². The van der Waals surface area contributed by atoms with Gasteiger partial charge in [0.2, 0.25) is 0 Å². The van der Waals surface area contributed by atoms with Crippen LogP contribution in [0.2, 0.25) is 0 Å². The number of rotatable bonds is 5. The molecule has 8 heteroatoms. The molecule has 0 saturated heterocycles. The second-order valence-electron chi connectivity index (χ2n) is 7.17. The van der Waals surface area contributed by atoms with Crippen molar-refractivity contribution in [1.82, 2.24) is 10.6 Å². The van der Waals surface area contributed by atoms with Gasteiger partial charge in [-0.1, -0.05) is 25.1 Å². The van der Waals surface area contributed by atoms with Crippen molar-refractivity contribution in [1.29, 1.82) is 0 Å². The molecule has 0 heterocycles. The van der Waals surface area contributed by atoms with Crippen LogP contribution in [-0.2, 0) is 11.0 Å². The Morgan fingerprint density at radius 2 is 1.70 bits per heavy atom. The van der Waals surface area contributed by atoms with Crippen molar-refractivity contribution < 1.29 is 27.9 Å². The first-order valence-corrected chi connectivity index (χ1v) is 9.05. The second-order valence-corrected chi connectivity index (χ2v) is 7.17. The average molecular weight is 386 g/mol. The van der Waals surface area contributed by atoms with Gasteiger partial charge < -0.3 is 15.7 Å². The van der Waals surface area contributed by atoms with Crippen molar-refractivity contribution in [2.75, 3.05) is 0 Å². The van der Waals surface area contributed by atoms with Gasteiger partial charge in [-0.15, -0.1) is 0 Å². The molecule has 5 nitrogen and oxygen atoms in total. The second kappa shape index (κ2) is 8.63. The minimum atomic E-state index is -4.45. The summed E-state index contributed by atoms with van der Waals surface area (Å²) in [6.07, 6.45) is -2.29. The van der Waals surface area contributed by atoms with E-state index in [1.165, 1.54) is 12.1 Å². The molecule has 1 fully saturated rings. The number of urea groups is 1. The molecule has 1 saturated carbocycles. The minimum Gasteiger partial charge on any atom is -0.481 e. The van der Waals surface area contributed by atoms with E-state index in [2.05, 4.69) is 10.6 Å². The van der Waals surface area contributed by atoms with E-state index in [1.54, 1.807) is 19.9 Å². The molecule has 0 aliphatic heterocycles. The number of benzene rings is 1. The molecule has 1 aromatic rings. The number of amides is 2. The zero-order valence-electron chi connectivity index (χ0n) is 15.3. The fraction of sp³-hybridized carbons (Fsp3) is 0.579. The highest BCUT2D eigenvalue weighted by Crippen LogP contribution is 2.36. The van der Waals surface area contributed by atoms with E-state index in [0.29, 0.717) is 25.7 Å². The maximum absolute atomic E-state index is 13.2. The summed E-state index contributed by atoms with van der Waals surface area (Å²) in [6.45, 7) is 3.31. The Morgan fingerprint density at radius 3 is 2.26 bits per heavy atom. The molecular weight excluding hydrogens is 361 g/mol. The third-order valence-electron chi connectivity index (χ3n) is 5.28. The van der Waals surface area contributed by atoms with E-state index in [0.717, 1.165) is 6.07 Å². The molecule has 2 amide bonds. The van der Waals surface area contributed by atoms with Gasteiger partial charge in [0.25, 0.3) is 0 Å². The molecule has 150 valence electrons. The lowest BCUT2D eigenvalue weighted by atomic mass is 9.86. The minimum absolute atomic E-state index is 0.120. The van der Waals surface area contributed by atoms with Crippen molar-refractivity contribution in [3.63, 3.8) is 0 Å². The molecule has 2 unspecified atom stereocenters. The number of carbonyl (C=O) groups excluding carboxylic acids is 1. The van der Waals surface area contributed by atoms with Gasteiger partial charge in [0.15, 0.2) is 0 Å². The molecule has 27 heavy (non-hydrogen) atoms. The largest absolute Gasteiger partial charge is 0.481 e. The lowest BCUT2D eigenvalue weighted by Gasteiger charge is -2.29. The number of carboxylic acids is 1. The Hall–Kier alpha value is -2.25. The van der Waals surface area contributed by atoms with Crippen LogP contribution in [0.4, 0.5) is 18.0 Å². The van der Waals surface area contributed by atoms with Gasteiger partial charge in [0, 0.05) is 18.0 Å². The first kappa shape index (κ1) is 21.1. The SMILES string of the molecule is CC(NC(=O)NC1CCC(C(=O)O)CC1)C(C)c1ccccc1C(F)(F)F. The van der Waals surface area contributed by atoms with Crippen molar-refractivity contribution in [2.24, 2.45) is 5.92 Å². The highest BCUT2D eigenvalue weighted by molar-refractivity contribution is 5.75. The van der Waals surface area contributed by atoms with Crippen molar-refractivity contribution in [3.8, 4) is 0 Å². The lowest BCUT2D eigenvalue weighted by molar-refractivity contribution is -0.143. The standard InChI is InChI=1S/C19H25F3N2O3/c1-11(15-5-3-4-6-16(15)19(20,21)22)12(2)23-18(27)24-14-9-7-13(8-10-14)17(25)26/h3-6,11-14H,7-10H2,1-2H3,(H,25,26)(H2,23,24,27). The first-order chi connectivity index (χ1) is 12.6. The van der Waals surface area contributed by atoms with Gasteiger partial charge in [-0.05, 0) is 44.2 Å². The summed E-state index contributed by atoms with van der Waals surface area (Å²) in [5.41, 5.74) is -0.557. The molecule has 3 N–H and O–H groups in total. The first-order valence-electron chi connectivity index (χ1n) is 9.05. The maximum Gasteiger partial charge on any atom is 0.416 e. The topological polar surface area (TPSA) is 78.4 Å². The van der Waals surface area contributed by atoms with E-state index in [1.807, 2.05) is 0 Å². The molecule has 0 spiro atoms. The number of carboxylic acid groups (broad SMARTS) is 1. The van der Waals surface area contributed by atoms with Gasteiger partial charge in [0.05, 0.1) is 11.5 Å². The van der Waals surface area contributed by atoms with E-state index >= 15 is 0 Å². The van der Waals surface area contributed by atoms with Gasteiger partial charge in [0.1, 0.15) is 0 Å². The fourth-order valence-electron chi connectivity index (χ4n) is 3.47. The average Bonchev–Trinajstić information content (AvgIpc) is 2.60. The zero-order valence-corrected chi connectivity index (χ0v) is 15.3. The molecule has 2 atom stereocenters. The van der Waals surface area contributed by atoms with Crippen molar-refractivity contribution in [3.05, 3.63) is 35.4 Å². The van der Waals surface area contributed by atoms with E-state index in [4.69, 9.17) is 5.11 Å². The normalized spacial score (nSPS) is 22.6. The summed E-state index contributed by atoms with van der Waals surface area (Å²) >= 11 is 0. The van der Waals surface area contributed by atoms with Crippen LogP contribution in [0.1, 0.15) is 56.6 Å². The van der Waals surface area contributed by atoms with E-state index in [9.17, 15) is 22.8 Å². The smallest absolute Gasteiger partial charge is 0.416 e. The summed E-state index contributed by atoms with van der Waals surface area (Å²) in [7, 11) is 0.